The van der Waals surface area contributed by atoms with Gasteiger partial charge in [-0.05, 0) is 61.9 Å². The van der Waals surface area contributed by atoms with Crippen LogP contribution in [0.1, 0.15) is 40.0 Å². The molecular weight excluding hydrogens is 416 g/mol. The Balaban J connectivity index is 1.46. The molecule has 1 aliphatic carbocycles. The van der Waals surface area contributed by atoms with Crippen LogP contribution in [0.5, 0.6) is 5.75 Å². The fourth-order valence-electron chi connectivity index (χ4n) is 4.05. The number of thiophene rings is 1. The van der Waals surface area contributed by atoms with Gasteiger partial charge in [0.2, 0.25) is 0 Å². The summed E-state index contributed by atoms with van der Waals surface area (Å²) in [7, 11) is 1.61. The monoisotopic (exact) mass is 438 g/mol. The second kappa shape index (κ2) is 7.67. The van der Waals surface area contributed by atoms with Crippen molar-refractivity contribution in [3.63, 3.8) is 0 Å². The van der Waals surface area contributed by atoms with Gasteiger partial charge in [0.15, 0.2) is 16.6 Å². The van der Waals surface area contributed by atoms with E-state index in [-0.39, 0.29) is 5.78 Å². The van der Waals surface area contributed by atoms with Crippen LogP contribution in [0.15, 0.2) is 29.4 Å². The fraction of sp³-hybridized carbons (Fsp3) is 0.364. The maximum Gasteiger partial charge on any atom is 0.197 e. The minimum absolute atomic E-state index is 0.0491. The first-order valence-corrected chi connectivity index (χ1v) is 11.8. The molecule has 6 nitrogen and oxygen atoms in total. The van der Waals surface area contributed by atoms with E-state index in [1.54, 1.807) is 42.7 Å². The first-order valence-electron chi connectivity index (χ1n) is 10.0. The Morgan fingerprint density at radius 2 is 2.10 bits per heavy atom. The van der Waals surface area contributed by atoms with E-state index < -0.39 is 0 Å². The van der Waals surface area contributed by atoms with E-state index in [9.17, 15) is 4.79 Å². The summed E-state index contributed by atoms with van der Waals surface area (Å²) in [6.45, 7) is 4.29. The van der Waals surface area contributed by atoms with E-state index in [0.29, 0.717) is 16.5 Å². The van der Waals surface area contributed by atoms with Crippen LogP contribution in [-0.2, 0) is 12.8 Å². The van der Waals surface area contributed by atoms with E-state index in [4.69, 9.17) is 9.72 Å². The lowest BCUT2D eigenvalue weighted by Gasteiger charge is -2.17. The maximum absolute atomic E-state index is 12.6. The number of Topliss-reactive ketones (excluding diaryl/α,β-unsaturated/α-hetero) is 1. The molecule has 0 radical (unpaired) electrons. The summed E-state index contributed by atoms with van der Waals surface area (Å²) in [5.74, 6) is 2.66. The number of carbonyl (C=O) groups excluding carboxylic acids is 1. The van der Waals surface area contributed by atoms with Crippen molar-refractivity contribution < 1.29 is 9.53 Å². The van der Waals surface area contributed by atoms with Crippen LogP contribution in [0.2, 0.25) is 0 Å². The molecule has 30 heavy (non-hydrogen) atoms. The third-order valence-electron chi connectivity index (χ3n) is 5.68. The van der Waals surface area contributed by atoms with Crippen LogP contribution in [0.25, 0.3) is 15.9 Å². The van der Waals surface area contributed by atoms with E-state index >= 15 is 0 Å². The molecule has 0 fully saturated rings. The Morgan fingerprint density at radius 1 is 1.30 bits per heavy atom. The van der Waals surface area contributed by atoms with E-state index in [1.165, 1.54) is 28.6 Å². The molecule has 0 N–H and O–H groups in total. The third kappa shape index (κ3) is 3.28. The fourth-order valence-corrected chi connectivity index (χ4v) is 6.35. The highest BCUT2D eigenvalue weighted by Gasteiger charge is 2.25. The summed E-state index contributed by atoms with van der Waals surface area (Å²) in [5.41, 5.74) is 2.92. The average molecular weight is 439 g/mol. The Hall–Kier alpha value is -2.45. The second-order valence-corrected chi connectivity index (χ2v) is 9.80. The van der Waals surface area contributed by atoms with Gasteiger partial charge in [-0.2, -0.15) is 0 Å². The highest BCUT2D eigenvalue weighted by atomic mass is 32.2. The highest BCUT2D eigenvalue weighted by molar-refractivity contribution is 7.99. The van der Waals surface area contributed by atoms with Crippen LogP contribution in [0.3, 0.4) is 0 Å². The lowest BCUT2D eigenvalue weighted by Crippen LogP contribution is -2.09. The number of carbonyl (C=O) groups is 1. The minimum Gasteiger partial charge on any atom is -0.497 e. The zero-order valence-corrected chi connectivity index (χ0v) is 18.8. The lowest BCUT2D eigenvalue weighted by molar-refractivity contribution is 0.102. The zero-order chi connectivity index (χ0) is 20.8. The molecule has 3 heterocycles. The van der Waals surface area contributed by atoms with Crippen molar-refractivity contribution in [2.45, 2.75) is 38.3 Å². The number of ether oxygens (including phenoxy) is 1. The number of nitrogens with zero attached hydrogens (tertiary/aromatic N) is 4. The van der Waals surface area contributed by atoms with Crippen LogP contribution < -0.4 is 4.74 Å². The molecule has 0 unspecified atom stereocenters. The molecule has 154 valence electrons. The molecular formula is C22H22N4O2S2. The van der Waals surface area contributed by atoms with Gasteiger partial charge in [0.05, 0.1) is 18.2 Å². The minimum atomic E-state index is 0.0491. The molecule has 0 saturated carbocycles. The number of methoxy groups -OCH3 is 1. The molecule has 5 rings (SSSR count). The summed E-state index contributed by atoms with van der Waals surface area (Å²) in [6, 6.07) is 7.18. The van der Waals surface area contributed by atoms with Crippen LogP contribution in [0, 0.1) is 12.8 Å². The first-order chi connectivity index (χ1) is 14.5. The van der Waals surface area contributed by atoms with Crippen molar-refractivity contribution in [2.24, 2.45) is 5.92 Å². The van der Waals surface area contributed by atoms with Gasteiger partial charge >= 0.3 is 0 Å². The summed E-state index contributed by atoms with van der Waals surface area (Å²) < 4.78 is 7.16. The molecule has 8 heteroatoms. The smallest absolute Gasteiger partial charge is 0.197 e. The number of thioether (sulfide) groups is 1. The molecule has 4 aromatic rings. The Labute approximate surface area is 182 Å². The van der Waals surface area contributed by atoms with Gasteiger partial charge in [0.25, 0.3) is 0 Å². The van der Waals surface area contributed by atoms with Crippen molar-refractivity contribution in [3.05, 3.63) is 46.1 Å². The topological polar surface area (TPSA) is 69.4 Å². The van der Waals surface area contributed by atoms with Gasteiger partial charge in [-0.1, -0.05) is 18.7 Å². The van der Waals surface area contributed by atoms with Gasteiger partial charge < -0.3 is 4.74 Å². The number of rotatable bonds is 5. The maximum atomic E-state index is 12.6. The van der Waals surface area contributed by atoms with Crippen molar-refractivity contribution in [1.29, 1.82) is 0 Å². The molecule has 0 bridgehead atoms. The largest absolute Gasteiger partial charge is 0.497 e. The summed E-state index contributed by atoms with van der Waals surface area (Å²) in [5, 5.41) is 10.8. The zero-order valence-electron chi connectivity index (χ0n) is 17.1. The number of aryl methyl sites for hydroxylation is 2. The van der Waals surface area contributed by atoms with Crippen LogP contribution in [-0.4, -0.2) is 38.2 Å². The number of fused-ring (bicyclic) bond motifs is 5. The Morgan fingerprint density at radius 3 is 2.87 bits per heavy atom. The molecule has 0 spiro atoms. The second-order valence-electron chi connectivity index (χ2n) is 7.77. The molecule has 3 aromatic heterocycles. The van der Waals surface area contributed by atoms with E-state index in [0.717, 1.165) is 46.2 Å². The number of ketones is 1. The van der Waals surface area contributed by atoms with Gasteiger partial charge in [-0.15, -0.1) is 21.5 Å². The van der Waals surface area contributed by atoms with Crippen LogP contribution in [0.4, 0.5) is 0 Å². The molecule has 0 amide bonds. The van der Waals surface area contributed by atoms with Gasteiger partial charge in [-0.3, -0.25) is 9.20 Å². The van der Waals surface area contributed by atoms with Crippen molar-refractivity contribution in [1.82, 2.24) is 19.6 Å². The molecule has 1 atom stereocenters. The number of benzene rings is 1. The number of aromatic nitrogens is 4. The Bertz CT molecular complexity index is 1260. The molecule has 0 saturated heterocycles. The van der Waals surface area contributed by atoms with Crippen molar-refractivity contribution in [2.75, 3.05) is 12.9 Å². The number of hydrogen-bond acceptors (Lipinski definition) is 7. The van der Waals surface area contributed by atoms with Gasteiger partial charge in [0.1, 0.15) is 16.4 Å². The molecule has 1 aromatic carbocycles. The van der Waals surface area contributed by atoms with Crippen molar-refractivity contribution in [3.8, 4) is 5.75 Å². The summed E-state index contributed by atoms with van der Waals surface area (Å²) in [6.07, 6.45) is 3.39. The molecule has 1 aliphatic rings. The standard InChI is InChI=1S/C22H22N4O2S2/c1-12-4-9-16-18(10-12)30-21-19(16)20-24-25-22(26(20)13(2)23-21)29-11-17(27)14-5-7-15(28-3)8-6-14/h5-8,12H,4,9-11H2,1-3H3/t12-/m0/s1. The third-order valence-corrected chi connectivity index (χ3v) is 7.76. The normalized spacial score (nSPS) is 16.2. The van der Waals surface area contributed by atoms with E-state index in [1.807, 2.05) is 11.3 Å². The SMILES string of the molecule is COc1ccc(C(=O)CSc2nnc3c4c5c(sc4nc(C)n23)C[C@@H](C)CC5)cc1. The predicted molar refractivity (Wildman–Crippen MR) is 120 cm³/mol. The summed E-state index contributed by atoms with van der Waals surface area (Å²) >= 11 is 3.20. The molecule has 0 aliphatic heterocycles. The van der Waals surface area contributed by atoms with Gasteiger partial charge in [-0.25, -0.2) is 4.98 Å². The van der Waals surface area contributed by atoms with Crippen LogP contribution >= 0.6 is 23.1 Å². The lowest BCUT2D eigenvalue weighted by atomic mass is 9.89. The summed E-state index contributed by atoms with van der Waals surface area (Å²) in [4.78, 5) is 20.0. The first kappa shape index (κ1) is 19.5. The Kier molecular flexibility index (Phi) is 4.99. The quantitative estimate of drug-likeness (QED) is 0.331. The van der Waals surface area contributed by atoms with Gasteiger partial charge in [0, 0.05) is 10.4 Å². The number of hydrogen-bond donors (Lipinski definition) is 0. The van der Waals surface area contributed by atoms with E-state index in [2.05, 4.69) is 17.1 Å². The van der Waals surface area contributed by atoms with Crippen molar-refractivity contribution >= 4 is 44.7 Å². The highest BCUT2D eigenvalue weighted by Crippen LogP contribution is 2.39. The predicted octanol–water partition coefficient (Wildman–Crippen LogP) is 4.76. The average Bonchev–Trinajstić information content (AvgIpc) is 3.32.